The van der Waals surface area contributed by atoms with Gasteiger partial charge in [-0.15, -0.1) is 0 Å². The average molecular weight is 566 g/mol. The number of aromatic nitrogens is 1. The standard InChI is InChI=1S/C26H30Cl2N4O4S/c1-16-13-17(2)31-22-8-6-18(14-19(16)22)36-15-20-21(27)7-9-24(25(20)28)37(34,35)32-12-3-5-23(32)26(33)30-11-4-10-29/h6-9,13-14,23H,3-5,10-12,15,29H2,1-2H3,(H,30,33)/t23-/m0/s1. The number of aryl methyl sites for hydroxylation is 2. The Kier molecular flexibility index (Phi) is 8.60. The molecule has 2 aromatic carbocycles. The molecule has 37 heavy (non-hydrogen) atoms. The molecule has 1 aliphatic heterocycles. The summed E-state index contributed by atoms with van der Waals surface area (Å²) in [5, 5.41) is 4.00. The largest absolute Gasteiger partial charge is 0.489 e. The molecule has 3 N–H and O–H groups in total. The van der Waals surface area contributed by atoms with E-state index in [9.17, 15) is 13.2 Å². The molecule has 0 unspecified atom stereocenters. The third kappa shape index (κ3) is 5.86. The molecule has 0 radical (unpaired) electrons. The monoisotopic (exact) mass is 564 g/mol. The van der Waals surface area contributed by atoms with E-state index in [1.807, 2.05) is 32.0 Å². The molecule has 198 valence electrons. The van der Waals surface area contributed by atoms with Gasteiger partial charge in [-0.1, -0.05) is 23.2 Å². The number of amides is 1. The van der Waals surface area contributed by atoms with Crippen LogP contribution < -0.4 is 15.8 Å². The van der Waals surface area contributed by atoms with Crippen LogP contribution in [0.3, 0.4) is 0 Å². The quantitative estimate of drug-likeness (QED) is 0.373. The number of rotatable bonds is 9. The number of benzene rings is 2. The van der Waals surface area contributed by atoms with Crippen molar-refractivity contribution >= 4 is 50.0 Å². The van der Waals surface area contributed by atoms with Gasteiger partial charge >= 0.3 is 0 Å². The first-order valence-corrected chi connectivity index (χ1v) is 14.3. The Bertz CT molecular complexity index is 1430. The lowest BCUT2D eigenvalue weighted by molar-refractivity contribution is -0.124. The predicted octanol–water partition coefficient (Wildman–Crippen LogP) is 4.36. The van der Waals surface area contributed by atoms with Gasteiger partial charge < -0.3 is 15.8 Å². The van der Waals surface area contributed by atoms with Crippen molar-refractivity contribution in [3.63, 3.8) is 0 Å². The molecule has 0 spiro atoms. The first kappa shape index (κ1) is 27.6. The molecule has 1 aliphatic rings. The zero-order chi connectivity index (χ0) is 26.7. The van der Waals surface area contributed by atoms with E-state index in [1.54, 1.807) is 6.07 Å². The number of hydrogen-bond donors (Lipinski definition) is 2. The Morgan fingerprint density at radius 2 is 2.00 bits per heavy atom. The Hall–Kier alpha value is -2.43. The molecule has 1 aromatic heterocycles. The zero-order valence-corrected chi connectivity index (χ0v) is 23.1. The van der Waals surface area contributed by atoms with Crippen LogP contribution in [-0.4, -0.2) is 49.3 Å². The van der Waals surface area contributed by atoms with Crippen molar-refractivity contribution in [3.05, 3.63) is 63.3 Å². The first-order valence-electron chi connectivity index (χ1n) is 12.1. The summed E-state index contributed by atoms with van der Waals surface area (Å²) in [7, 11) is -4.06. The summed E-state index contributed by atoms with van der Waals surface area (Å²) in [4.78, 5) is 17.1. The molecule has 4 rings (SSSR count). The summed E-state index contributed by atoms with van der Waals surface area (Å²) in [5.41, 5.74) is 8.71. The molecule has 3 aromatic rings. The second-order valence-corrected chi connectivity index (χ2v) is 11.7. The van der Waals surface area contributed by atoms with Crippen LogP contribution in [0.4, 0.5) is 0 Å². The fraction of sp³-hybridized carbons (Fsp3) is 0.385. The van der Waals surface area contributed by atoms with E-state index in [-0.39, 0.29) is 34.0 Å². The number of halogens is 2. The maximum absolute atomic E-state index is 13.6. The number of fused-ring (bicyclic) bond motifs is 1. The van der Waals surface area contributed by atoms with Gasteiger partial charge in [0, 0.05) is 34.8 Å². The van der Waals surface area contributed by atoms with E-state index in [1.165, 1.54) is 16.4 Å². The first-order chi connectivity index (χ1) is 17.6. The van der Waals surface area contributed by atoms with E-state index in [4.69, 9.17) is 33.7 Å². The third-order valence-corrected chi connectivity index (χ3v) is 9.27. The van der Waals surface area contributed by atoms with Gasteiger partial charge in [0.25, 0.3) is 0 Å². The second-order valence-electron chi connectivity index (χ2n) is 9.09. The van der Waals surface area contributed by atoms with Crippen molar-refractivity contribution in [2.24, 2.45) is 5.73 Å². The smallest absolute Gasteiger partial charge is 0.245 e. The van der Waals surface area contributed by atoms with Crippen LogP contribution in [0.25, 0.3) is 10.9 Å². The zero-order valence-electron chi connectivity index (χ0n) is 20.8. The van der Waals surface area contributed by atoms with Crippen LogP contribution in [0.5, 0.6) is 5.75 Å². The number of nitrogens with two attached hydrogens (primary N) is 1. The number of pyridine rings is 1. The lowest BCUT2D eigenvalue weighted by Crippen LogP contribution is -2.46. The van der Waals surface area contributed by atoms with Gasteiger partial charge in [0.15, 0.2) is 0 Å². The fourth-order valence-corrected chi connectivity index (χ4v) is 7.06. The number of carbonyl (C=O) groups excluding carboxylic acids is 1. The molecule has 11 heteroatoms. The molecule has 0 aliphatic carbocycles. The molecule has 0 saturated carbocycles. The van der Waals surface area contributed by atoms with E-state index in [0.717, 1.165) is 22.2 Å². The SMILES string of the molecule is Cc1cc(C)c2cc(OCc3c(Cl)ccc(S(=O)(=O)N4CCC[C@H]4C(=O)NCCCN)c3Cl)ccc2n1. The topological polar surface area (TPSA) is 115 Å². The Morgan fingerprint density at radius 1 is 1.22 bits per heavy atom. The van der Waals surface area contributed by atoms with Crippen LogP contribution in [0, 0.1) is 13.8 Å². The highest BCUT2D eigenvalue weighted by Gasteiger charge is 2.40. The molecule has 1 fully saturated rings. The minimum Gasteiger partial charge on any atom is -0.489 e. The van der Waals surface area contributed by atoms with E-state index in [2.05, 4.69) is 10.3 Å². The van der Waals surface area contributed by atoms with Crippen LogP contribution in [0.2, 0.25) is 10.0 Å². The molecule has 1 saturated heterocycles. The van der Waals surface area contributed by atoms with Crippen LogP contribution in [-0.2, 0) is 21.4 Å². The van der Waals surface area contributed by atoms with Crippen molar-refractivity contribution in [2.45, 2.75) is 50.7 Å². The highest BCUT2D eigenvalue weighted by atomic mass is 35.5. The van der Waals surface area contributed by atoms with E-state index < -0.39 is 16.1 Å². The molecular formula is C26H30Cl2N4O4S. The van der Waals surface area contributed by atoms with E-state index in [0.29, 0.717) is 43.7 Å². The Balaban J connectivity index is 1.57. The van der Waals surface area contributed by atoms with Crippen LogP contribution >= 0.6 is 23.2 Å². The summed E-state index contributed by atoms with van der Waals surface area (Å²) >= 11 is 13.0. The average Bonchev–Trinajstić information content (AvgIpc) is 3.35. The molecular weight excluding hydrogens is 535 g/mol. The minimum atomic E-state index is -4.06. The van der Waals surface area contributed by atoms with E-state index >= 15 is 0 Å². The normalized spacial score (nSPS) is 16.3. The Morgan fingerprint density at radius 3 is 2.76 bits per heavy atom. The van der Waals surface area contributed by atoms with Gasteiger partial charge in [-0.2, -0.15) is 4.31 Å². The molecule has 1 amide bonds. The van der Waals surface area contributed by atoms with Gasteiger partial charge in [0.2, 0.25) is 15.9 Å². The second kappa shape index (κ2) is 11.5. The summed E-state index contributed by atoms with van der Waals surface area (Å²) in [6.07, 6.45) is 1.63. The highest BCUT2D eigenvalue weighted by Crippen LogP contribution is 2.36. The summed E-state index contributed by atoms with van der Waals surface area (Å²) < 4.78 is 34.4. The number of nitrogens with zero attached hydrogens (tertiary/aromatic N) is 2. The van der Waals surface area contributed by atoms with Crippen LogP contribution in [0.1, 0.15) is 36.1 Å². The van der Waals surface area contributed by atoms with Gasteiger partial charge in [0.1, 0.15) is 23.3 Å². The van der Waals surface area contributed by atoms with Gasteiger partial charge in [0.05, 0.1) is 10.5 Å². The van der Waals surface area contributed by atoms with Crippen molar-refractivity contribution in [2.75, 3.05) is 19.6 Å². The molecule has 0 bridgehead atoms. The maximum Gasteiger partial charge on any atom is 0.245 e. The minimum absolute atomic E-state index is 0.0176. The van der Waals surface area contributed by atoms with Gasteiger partial charge in [-0.25, -0.2) is 8.42 Å². The molecule has 2 heterocycles. The lowest BCUT2D eigenvalue weighted by Gasteiger charge is -2.24. The maximum atomic E-state index is 13.6. The number of ether oxygens (including phenoxy) is 1. The summed E-state index contributed by atoms with van der Waals surface area (Å²) in [6, 6.07) is 9.62. The van der Waals surface area contributed by atoms with Crippen LogP contribution in [0.15, 0.2) is 41.3 Å². The Labute approximate surface area is 227 Å². The molecule has 8 nitrogen and oxygen atoms in total. The van der Waals surface area contributed by atoms with Crippen molar-refractivity contribution in [3.8, 4) is 5.75 Å². The summed E-state index contributed by atoms with van der Waals surface area (Å²) in [5.74, 6) is 0.245. The lowest BCUT2D eigenvalue weighted by atomic mass is 10.1. The third-order valence-electron chi connectivity index (χ3n) is 6.42. The van der Waals surface area contributed by atoms with Gasteiger partial charge in [-0.05, 0) is 81.6 Å². The van der Waals surface area contributed by atoms with Gasteiger partial charge in [-0.3, -0.25) is 9.78 Å². The molecule has 1 atom stereocenters. The predicted molar refractivity (Wildman–Crippen MR) is 146 cm³/mol. The fourth-order valence-electron chi connectivity index (χ4n) is 4.54. The number of carbonyl (C=O) groups is 1. The highest BCUT2D eigenvalue weighted by molar-refractivity contribution is 7.89. The number of hydrogen-bond acceptors (Lipinski definition) is 6. The van der Waals surface area contributed by atoms with Crippen molar-refractivity contribution in [1.82, 2.24) is 14.6 Å². The van der Waals surface area contributed by atoms with Crippen molar-refractivity contribution in [1.29, 1.82) is 0 Å². The number of nitrogens with one attached hydrogen (secondary N) is 1. The number of sulfonamides is 1. The van der Waals surface area contributed by atoms with Crippen molar-refractivity contribution < 1.29 is 17.9 Å². The summed E-state index contributed by atoms with van der Waals surface area (Å²) in [6.45, 7) is 4.98.